The highest BCUT2D eigenvalue weighted by molar-refractivity contribution is 7.89. The lowest BCUT2D eigenvalue weighted by Gasteiger charge is -2.14. The summed E-state index contributed by atoms with van der Waals surface area (Å²) in [6, 6.07) is 4.69. The van der Waals surface area contributed by atoms with Crippen LogP contribution in [-0.4, -0.2) is 27.5 Å². The summed E-state index contributed by atoms with van der Waals surface area (Å²) in [5.74, 6) is 0. The van der Waals surface area contributed by atoms with Gasteiger partial charge in [0.05, 0.1) is 4.90 Å². The van der Waals surface area contributed by atoms with Crippen molar-refractivity contribution in [3.63, 3.8) is 0 Å². The van der Waals surface area contributed by atoms with Gasteiger partial charge in [0.25, 0.3) is 10.0 Å². The fourth-order valence-corrected chi connectivity index (χ4v) is 2.57. The summed E-state index contributed by atoms with van der Waals surface area (Å²) in [4.78, 5) is 2.60. The number of nitrogens with zero attached hydrogens (tertiary/aromatic N) is 1. The average Bonchev–Trinajstić information content (AvgIpc) is 1.99. The van der Waals surface area contributed by atoms with E-state index in [1.54, 1.807) is 33.2 Å². The molecule has 0 heterocycles. The molecule has 3 N–H and O–H groups in total. The second-order valence-corrected chi connectivity index (χ2v) is 5.14. The predicted octanol–water partition coefficient (Wildman–Crippen LogP) is 0.332. The number of anilines is 1. The summed E-state index contributed by atoms with van der Waals surface area (Å²) >= 11 is 0. The first-order chi connectivity index (χ1) is 6.83. The second kappa shape index (κ2) is 4.18. The van der Waals surface area contributed by atoms with Crippen molar-refractivity contribution in [2.75, 3.05) is 19.8 Å². The van der Waals surface area contributed by atoms with E-state index < -0.39 is 10.0 Å². The number of rotatable bonds is 3. The van der Waals surface area contributed by atoms with Gasteiger partial charge >= 0.3 is 0 Å². The maximum atomic E-state index is 11.8. The molecule has 15 heavy (non-hydrogen) atoms. The summed E-state index contributed by atoms with van der Waals surface area (Å²) in [5.41, 5.74) is 6.73. The van der Waals surface area contributed by atoms with Gasteiger partial charge < -0.3 is 5.73 Å². The first kappa shape index (κ1) is 12.0. The van der Waals surface area contributed by atoms with Crippen LogP contribution < -0.4 is 10.6 Å². The van der Waals surface area contributed by atoms with E-state index in [1.807, 2.05) is 0 Å². The molecule has 0 aliphatic rings. The Morgan fingerprint density at radius 3 is 2.40 bits per heavy atom. The highest BCUT2D eigenvalue weighted by Crippen LogP contribution is 2.17. The maximum absolute atomic E-state index is 11.8. The van der Waals surface area contributed by atoms with Gasteiger partial charge in [0.2, 0.25) is 0 Å². The molecule has 0 amide bonds. The molecule has 5 nitrogen and oxygen atoms in total. The Hall–Kier alpha value is -1.11. The maximum Gasteiger partial charge on any atom is 0.253 e. The largest absolute Gasteiger partial charge is 0.399 e. The standard InChI is InChI=1S/C9H15N3O2S/c1-7-6-8(10)4-5-9(7)15(13,14)11-12(2)3/h4-6,11H,10H2,1-3H3. The molecule has 0 saturated carbocycles. The monoisotopic (exact) mass is 229 g/mol. The Kier molecular flexibility index (Phi) is 3.33. The molecule has 0 unspecified atom stereocenters. The van der Waals surface area contributed by atoms with E-state index in [9.17, 15) is 8.42 Å². The molecule has 84 valence electrons. The van der Waals surface area contributed by atoms with Gasteiger partial charge in [-0.05, 0) is 30.7 Å². The summed E-state index contributed by atoms with van der Waals surface area (Å²) in [5, 5.41) is 1.38. The third kappa shape index (κ3) is 2.92. The van der Waals surface area contributed by atoms with Crippen LogP contribution in [0.15, 0.2) is 23.1 Å². The minimum atomic E-state index is -3.49. The van der Waals surface area contributed by atoms with Gasteiger partial charge in [0, 0.05) is 19.8 Å². The smallest absolute Gasteiger partial charge is 0.253 e. The van der Waals surface area contributed by atoms with Crippen molar-refractivity contribution in [1.29, 1.82) is 0 Å². The highest BCUT2D eigenvalue weighted by Gasteiger charge is 2.16. The van der Waals surface area contributed by atoms with Gasteiger partial charge in [0.15, 0.2) is 0 Å². The lowest BCUT2D eigenvalue weighted by atomic mass is 10.2. The third-order valence-corrected chi connectivity index (χ3v) is 3.43. The van der Waals surface area contributed by atoms with Gasteiger partial charge in [-0.25, -0.2) is 13.4 Å². The molecule has 0 aliphatic heterocycles. The van der Waals surface area contributed by atoms with Crippen molar-refractivity contribution in [1.82, 2.24) is 9.84 Å². The van der Waals surface area contributed by atoms with Gasteiger partial charge in [-0.1, -0.05) is 0 Å². The predicted molar refractivity (Wildman–Crippen MR) is 59.6 cm³/mol. The molecule has 1 aromatic carbocycles. The number of aryl methyl sites for hydroxylation is 1. The van der Waals surface area contributed by atoms with E-state index in [0.717, 1.165) is 0 Å². The van der Waals surface area contributed by atoms with Crippen molar-refractivity contribution in [3.8, 4) is 0 Å². The van der Waals surface area contributed by atoms with Crippen molar-refractivity contribution in [2.45, 2.75) is 11.8 Å². The molecule has 0 bridgehead atoms. The quantitative estimate of drug-likeness (QED) is 0.578. The van der Waals surface area contributed by atoms with Gasteiger partial charge in [-0.15, -0.1) is 4.83 Å². The Morgan fingerprint density at radius 2 is 1.93 bits per heavy atom. The number of nitrogen functional groups attached to an aromatic ring is 1. The zero-order valence-electron chi connectivity index (χ0n) is 8.98. The van der Waals surface area contributed by atoms with E-state index in [0.29, 0.717) is 11.3 Å². The van der Waals surface area contributed by atoms with Gasteiger partial charge in [-0.2, -0.15) is 0 Å². The Bertz CT molecular complexity index is 454. The molecular formula is C9H15N3O2S. The molecule has 0 spiro atoms. The van der Waals surface area contributed by atoms with E-state index in [1.165, 1.54) is 11.1 Å². The van der Waals surface area contributed by atoms with Crippen molar-refractivity contribution in [3.05, 3.63) is 23.8 Å². The van der Waals surface area contributed by atoms with Crippen LogP contribution in [0.1, 0.15) is 5.56 Å². The first-order valence-corrected chi connectivity index (χ1v) is 5.87. The van der Waals surface area contributed by atoms with E-state index in [2.05, 4.69) is 4.83 Å². The second-order valence-electron chi connectivity index (χ2n) is 3.51. The van der Waals surface area contributed by atoms with Crippen LogP contribution in [0.2, 0.25) is 0 Å². The number of benzene rings is 1. The summed E-state index contributed by atoms with van der Waals surface area (Å²) in [6.07, 6.45) is 0. The van der Waals surface area contributed by atoms with E-state index in [-0.39, 0.29) is 4.90 Å². The van der Waals surface area contributed by atoms with Crippen LogP contribution in [0.5, 0.6) is 0 Å². The van der Waals surface area contributed by atoms with Gasteiger partial charge in [-0.3, -0.25) is 0 Å². The van der Waals surface area contributed by atoms with Crippen LogP contribution in [0, 0.1) is 6.92 Å². The zero-order chi connectivity index (χ0) is 11.6. The van der Waals surface area contributed by atoms with Crippen molar-refractivity contribution in [2.24, 2.45) is 0 Å². The molecule has 0 atom stereocenters. The summed E-state index contributed by atoms with van der Waals surface area (Å²) in [7, 11) is -0.256. The molecule has 6 heteroatoms. The molecule has 0 fully saturated rings. The van der Waals surface area contributed by atoms with Crippen LogP contribution in [0.4, 0.5) is 5.69 Å². The molecule has 1 rings (SSSR count). The van der Waals surface area contributed by atoms with E-state index >= 15 is 0 Å². The molecule has 0 saturated heterocycles. The Morgan fingerprint density at radius 1 is 1.33 bits per heavy atom. The lowest BCUT2D eigenvalue weighted by Crippen LogP contribution is -2.36. The summed E-state index contributed by atoms with van der Waals surface area (Å²) < 4.78 is 23.6. The minimum Gasteiger partial charge on any atom is -0.399 e. The Balaban J connectivity index is 3.16. The first-order valence-electron chi connectivity index (χ1n) is 4.39. The summed E-state index contributed by atoms with van der Waals surface area (Å²) in [6.45, 7) is 1.71. The number of hydrazine groups is 1. The van der Waals surface area contributed by atoms with Crippen LogP contribution in [-0.2, 0) is 10.0 Å². The molecule has 0 aromatic heterocycles. The molecule has 0 radical (unpaired) electrons. The SMILES string of the molecule is Cc1cc(N)ccc1S(=O)(=O)NN(C)C. The van der Waals surface area contributed by atoms with Crippen molar-refractivity contribution < 1.29 is 8.42 Å². The number of hydrogen-bond donors (Lipinski definition) is 2. The topological polar surface area (TPSA) is 75.4 Å². The van der Waals surface area contributed by atoms with E-state index in [4.69, 9.17) is 5.73 Å². The number of nitrogens with one attached hydrogen (secondary N) is 1. The fraction of sp³-hybridized carbons (Fsp3) is 0.333. The number of hydrogen-bond acceptors (Lipinski definition) is 4. The fourth-order valence-electron chi connectivity index (χ4n) is 1.26. The number of nitrogens with two attached hydrogens (primary N) is 1. The molecular weight excluding hydrogens is 214 g/mol. The van der Waals surface area contributed by atoms with Gasteiger partial charge in [0.1, 0.15) is 0 Å². The zero-order valence-corrected chi connectivity index (χ0v) is 9.80. The number of sulfonamides is 1. The van der Waals surface area contributed by atoms with Crippen LogP contribution in [0.3, 0.4) is 0 Å². The normalized spacial score (nSPS) is 12.0. The molecule has 0 aliphatic carbocycles. The highest BCUT2D eigenvalue weighted by atomic mass is 32.2. The van der Waals surface area contributed by atoms with Crippen LogP contribution in [0.25, 0.3) is 0 Å². The molecule has 1 aromatic rings. The van der Waals surface area contributed by atoms with Crippen molar-refractivity contribution >= 4 is 15.7 Å². The lowest BCUT2D eigenvalue weighted by molar-refractivity contribution is 0.364. The third-order valence-electron chi connectivity index (χ3n) is 1.79. The minimum absolute atomic E-state index is 0.241. The van der Waals surface area contributed by atoms with Crippen LogP contribution >= 0.6 is 0 Å². The Labute approximate surface area is 89.9 Å². The average molecular weight is 229 g/mol.